The Hall–Kier alpha value is -3.41. The van der Waals surface area contributed by atoms with Gasteiger partial charge in [-0.15, -0.1) is 0 Å². The number of fused-ring (bicyclic) bond motifs is 1. The summed E-state index contributed by atoms with van der Waals surface area (Å²) in [5.41, 5.74) is 5.14. The number of aryl methyl sites for hydroxylation is 1. The molecule has 2 aromatic heterocycles. The number of hydrogen-bond acceptors (Lipinski definition) is 6. The van der Waals surface area contributed by atoms with Crippen molar-refractivity contribution in [2.24, 2.45) is 0 Å². The Morgan fingerprint density at radius 2 is 1.58 bits per heavy atom. The SMILES string of the molecule is Cc1nc(-c2ccccc2)cc(N2CCN(c3nc4cc(C(C)C)ccc4o3)CC2)n1. The summed E-state index contributed by atoms with van der Waals surface area (Å²) >= 11 is 0. The minimum absolute atomic E-state index is 0.477. The number of nitrogens with zero attached hydrogens (tertiary/aromatic N) is 5. The van der Waals surface area contributed by atoms with E-state index in [-0.39, 0.29) is 0 Å². The molecule has 1 saturated heterocycles. The molecule has 1 aliphatic rings. The fourth-order valence-corrected chi connectivity index (χ4v) is 4.02. The van der Waals surface area contributed by atoms with Crippen LogP contribution in [0.15, 0.2) is 59.0 Å². The Morgan fingerprint density at radius 3 is 2.32 bits per heavy atom. The lowest BCUT2D eigenvalue weighted by Crippen LogP contribution is -2.47. The van der Waals surface area contributed by atoms with Crippen molar-refractivity contribution in [3.8, 4) is 11.3 Å². The van der Waals surface area contributed by atoms with Gasteiger partial charge in [-0.1, -0.05) is 50.2 Å². The lowest BCUT2D eigenvalue weighted by Gasteiger charge is -2.34. The van der Waals surface area contributed by atoms with Crippen LogP contribution in [0.1, 0.15) is 31.2 Å². The molecule has 0 aliphatic carbocycles. The maximum Gasteiger partial charge on any atom is 0.298 e. The molecule has 5 rings (SSSR count). The van der Waals surface area contributed by atoms with E-state index >= 15 is 0 Å². The lowest BCUT2D eigenvalue weighted by atomic mass is 10.0. The van der Waals surface area contributed by atoms with Crippen molar-refractivity contribution in [2.45, 2.75) is 26.7 Å². The third-order valence-electron chi connectivity index (χ3n) is 5.84. The van der Waals surface area contributed by atoms with Crippen molar-refractivity contribution >= 4 is 22.9 Å². The van der Waals surface area contributed by atoms with E-state index in [4.69, 9.17) is 14.4 Å². The van der Waals surface area contributed by atoms with Gasteiger partial charge in [0, 0.05) is 37.8 Å². The van der Waals surface area contributed by atoms with Gasteiger partial charge in [-0.25, -0.2) is 9.97 Å². The first-order valence-electron chi connectivity index (χ1n) is 10.9. The fraction of sp³-hybridized carbons (Fsp3) is 0.320. The van der Waals surface area contributed by atoms with Crippen LogP contribution in [0, 0.1) is 6.92 Å². The van der Waals surface area contributed by atoms with E-state index in [1.165, 1.54) is 5.56 Å². The van der Waals surface area contributed by atoms with Gasteiger partial charge >= 0.3 is 0 Å². The second kappa shape index (κ2) is 8.02. The third kappa shape index (κ3) is 3.98. The van der Waals surface area contributed by atoms with Crippen molar-refractivity contribution in [3.05, 3.63) is 66.0 Å². The molecule has 0 N–H and O–H groups in total. The number of benzene rings is 2. The van der Waals surface area contributed by atoms with E-state index in [9.17, 15) is 0 Å². The first-order valence-corrected chi connectivity index (χ1v) is 10.9. The normalized spacial score (nSPS) is 14.6. The zero-order chi connectivity index (χ0) is 21.4. The van der Waals surface area contributed by atoms with Crippen LogP contribution in [0.25, 0.3) is 22.4 Å². The molecule has 1 aliphatic heterocycles. The Balaban J connectivity index is 1.33. The smallest absolute Gasteiger partial charge is 0.298 e. The molecule has 2 aromatic carbocycles. The van der Waals surface area contributed by atoms with Crippen LogP contribution in [-0.4, -0.2) is 41.1 Å². The molecule has 0 radical (unpaired) electrons. The average Bonchev–Trinajstić information content (AvgIpc) is 3.23. The molecule has 0 amide bonds. The van der Waals surface area contributed by atoms with Crippen LogP contribution in [0.2, 0.25) is 0 Å². The summed E-state index contributed by atoms with van der Waals surface area (Å²) in [5.74, 6) is 2.24. The van der Waals surface area contributed by atoms with Gasteiger partial charge < -0.3 is 14.2 Å². The lowest BCUT2D eigenvalue weighted by molar-refractivity contribution is 0.540. The molecule has 3 heterocycles. The van der Waals surface area contributed by atoms with Crippen LogP contribution in [-0.2, 0) is 0 Å². The summed E-state index contributed by atoms with van der Waals surface area (Å²) in [6.07, 6.45) is 0. The van der Waals surface area contributed by atoms with Crippen molar-refractivity contribution in [2.75, 3.05) is 36.0 Å². The largest absolute Gasteiger partial charge is 0.423 e. The van der Waals surface area contributed by atoms with Gasteiger partial charge in [0.1, 0.15) is 17.2 Å². The number of rotatable bonds is 4. The van der Waals surface area contributed by atoms with Gasteiger partial charge in [-0.2, -0.15) is 4.98 Å². The number of oxazole rings is 1. The van der Waals surface area contributed by atoms with Crippen LogP contribution < -0.4 is 9.80 Å². The highest BCUT2D eigenvalue weighted by Gasteiger charge is 2.23. The van der Waals surface area contributed by atoms with E-state index in [1.54, 1.807) is 0 Å². The maximum absolute atomic E-state index is 6.05. The minimum Gasteiger partial charge on any atom is -0.423 e. The van der Waals surface area contributed by atoms with Gasteiger partial charge in [0.2, 0.25) is 0 Å². The predicted octanol–water partition coefficient (Wildman–Crippen LogP) is 5.04. The van der Waals surface area contributed by atoms with Crippen LogP contribution in [0.5, 0.6) is 0 Å². The molecule has 0 bridgehead atoms. The number of piperazine rings is 1. The minimum atomic E-state index is 0.477. The van der Waals surface area contributed by atoms with E-state index in [0.717, 1.165) is 60.2 Å². The van der Waals surface area contributed by atoms with Gasteiger partial charge in [-0.3, -0.25) is 0 Å². The van der Waals surface area contributed by atoms with Gasteiger partial charge in [0.15, 0.2) is 5.58 Å². The molecular weight excluding hydrogens is 386 g/mol. The van der Waals surface area contributed by atoms with Crippen LogP contribution in [0.3, 0.4) is 0 Å². The predicted molar refractivity (Wildman–Crippen MR) is 125 cm³/mol. The molecule has 0 atom stereocenters. The molecule has 6 nitrogen and oxygen atoms in total. The first-order chi connectivity index (χ1) is 15.1. The summed E-state index contributed by atoms with van der Waals surface area (Å²) in [7, 11) is 0. The molecule has 158 valence electrons. The molecule has 1 fully saturated rings. The Bertz CT molecular complexity index is 1190. The zero-order valence-electron chi connectivity index (χ0n) is 18.2. The second-order valence-corrected chi connectivity index (χ2v) is 8.38. The summed E-state index contributed by atoms with van der Waals surface area (Å²) < 4.78 is 6.05. The molecule has 31 heavy (non-hydrogen) atoms. The summed E-state index contributed by atoms with van der Waals surface area (Å²) in [5, 5.41) is 0. The second-order valence-electron chi connectivity index (χ2n) is 8.38. The van der Waals surface area contributed by atoms with Crippen molar-refractivity contribution in [1.82, 2.24) is 15.0 Å². The van der Waals surface area contributed by atoms with Crippen molar-refractivity contribution < 1.29 is 4.42 Å². The molecular formula is C25H27N5O. The Labute approximate surface area is 182 Å². The standard InChI is InChI=1S/C25H27N5O/c1-17(2)20-9-10-23-22(15-20)28-25(31-23)30-13-11-29(12-14-30)24-16-21(26-18(3)27-24)19-7-5-4-6-8-19/h4-10,15-17H,11-14H2,1-3H3. The van der Waals surface area contributed by atoms with Crippen LogP contribution >= 0.6 is 0 Å². The average molecular weight is 414 g/mol. The highest BCUT2D eigenvalue weighted by molar-refractivity contribution is 5.75. The van der Waals surface area contributed by atoms with Crippen LogP contribution in [0.4, 0.5) is 11.8 Å². The molecule has 0 saturated carbocycles. The Morgan fingerprint density at radius 1 is 0.839 bits per heavy atom. The topological polar surface area (TPSA) is 58.3 Å². The zero-order valence-corrected chi connectivity index (χ0v) is 18.2. The van der Waals surface area contributed by atoms with Crippen molar-refractivity contribution in [1.29, 1.82) is 0 Å². The van der Waals surface area contributed by atoms with Crippen molar-refractivity contribution in [3.63, 3.8) is 0 Å². The maximum atomic E-state index is 6.05. The van der Waals surface area contributed by atoms with Gasteiger partial charge in [-0.05, 0) is 30.5 Å². The van der Waals surface area contributed by atoms with E-state index in [0.29, 0.717) is 11.9 Å². The third-order valence-corrected chi connectivity index (χ3v) is 5.84. The fourth-order valence-electron chi connectivity index (χ4n) is 4.02. The molecule has 6 heteroatoms. The summed E-state index contributed by atoms with van der Waals surface area (Å²) in [4.78, 5) is 18.6. The quantitative estimate of drug-likeness (QED) is 0.467. The number of anilines is 2. The Kier molecular flexibility index (Phi) is 5.06. The monoisotopic (exact) mass is 413 g/mol. The van der Waals surface area contributed by atoms with Gasteiger partial charge in [0.25, 0.3) is 6.01 Å². The summed E-state index contributed by atoms with van der Waals surface area (Å²) in [6, 6.07) is 19.4. The van der Waals surface area contributed by atoms with E-state index in [2.05, 4.69) is 59.0 Å². The summed E-state index contributed by atoms with van der Waals surface area (Å²) in [6.45, 7) is 9.75. The van der Waals surface area contributed by atoms with E-state index in [1.807, 2.05) is 31.2 Å². The number of aromatic nitrogens is 3. The highest BCUT2D eigenvalue weighted by atomic mass is 16.4. The first kappa shape index (κ1) is 19.5. The highest BCUT2D eigenvalue weighted by Crippen LogP contribution is 2.27. The molecule has 0 unspecified atom stereocenters. The van der Waals surface area contributed by atoms with E-state index < -0.39 is 0 Å². The molecule has 0 spiro atoms. The van der Waals surface area contributed by atoms with Gasteiger partial charge in [0.05, 0.1) is 5.69 Å². The molecule has 4 aromatic rings. The number of hydrogen-bond donors (Lipinski definition) is 0.